The van der Waals surface area contributed by atoms with E-state index < -0.39 is 0 Å². The van der Waals surface area contributed by atoms with Gasteiger partial charge >= 0.3 is 0 Å². The molecule has 0 amide bonds. The maximum Gasteiger partial charge on any atom is 0.174 e. The molecule has 0 saturated carbocycles. The molecule has 2 aromatic rings. The Balaban J connectivity index is 2.08. The Morgan fingerprint density at radius 1 is 1.25 bits per heavy atom. The molecule has 7 heteroatoms. The number of anilines is 1. The zero-order chi connectivity index (χ0) is 11.4. The quantitative estimate of drug-likeness (QED) is 0.911. The lowest BCUT2D eigenvalue weighted by molar-refractivity contribution is 0.987. The van der Waals surface area contributed by atoms with E-state index in [1.165, 1.54) is 6.33 Å². The van der Waals surface area contributed by atoms with Gasteiger partial charge in [-0.3, -0.25) is 0 Å². The van der Waals surface area contributed by atoms with Gasteiger partial charge in [-0.25, -0.2) is 9.97 Å². The summed E-state index contributed by atoms with van der Waals surface area (Å²) in [4.78, 5) is 7.88. The van der Waals surface area contributed by atoms with Gasteiger partial charge in [0.05, 0.1) is 17.9 Å². The third kappa shape index (κ3) is 2.77. The maximum atomic E-state index is 5.83. The van der Waals surface area contributed by atoms with Crippen molar-refractivity contribution in [1.82, 2.24) is 20.2 Å². The van der Waals surface area contributed by atoms with E-state index in [2.05, 4.69) is 25.5 Å². The fourth-order valence-electron chi connectivity index (χ4n) is 1.09. The zero-order valence-electron chi connectivity index (χ0n) is 8.06. The van der Waals surface area contributed by atoms with Crippen LogP contribution in [0, 0.1) is 0 Å². The number of hydrogen-bond donors (Lipinski definition) is 1. The Labute approximate surface area is 102 Å². The molecule has 0 bridgehead atoms. The third-order valence-electron chi connectivity index (χ3n) is 1.82. The van der Waals surface area contributed by atoms with Crippen molar-refractivity contribution in [1.29, 1.82) is 0 Å². The van der Waals surface area contributed by atoms with E-state index in [4.69, 9.17) is 23.2 Å². The van der Waals surface area contributed by atoms with Crippen molar-refractivity contribution in [3.63, 3.8) is 0 Å². The molecule has 0 aliphatic carbocycles. The summed E-state index contributed by atoms with van der Waals surface area (Å²) < 4.78 is 0. The highest BCUT2D eigenvalue weighted by Crippen LogP contribution is 2.21. The highest BCUT2D eigenvalue weighted by Gasteiger charge is 2.03. The minimum Gasteiger partial charge on any atom is -0.377 e. The second-order valence-electron chi connectivity index (χ2n) is 2.93. The summed E-state index contributed by atoms with van der Waals surface area (Å²) in [5.74, 6) is 0. The predicted octanol–water partition coefficient (Wildman–Crippen LogP) is 2.19. The predicted molar refractivity (Wildman–Crippen MR) is 61.4 cm³/mol. The van der Waals surface area contributed by atoms with Gasteiger partial charge in [-0.15, -0.1) is 10.2 Å². The summed E-state index contributed by atoms with van der Waals surface area (Å²) in [5, 5.41) is 10.9. The largest absolute Gasteiger partial charge is 0.377 e. The van der Waals surface area contributed by atoms with Crippen LogP contribution in [0.5, 0.6) is 0 Å². The first-order valence-electron chi connectivity index (χ1n) is 4.43. The molecule has 0 aliphatic rings. The Morgan fingerprint density at radius 3 is 2.88 bits per heavy atom. The van der Waals surface area contributed by atoms with E-state index in [9.17, 15) is 0 Å². The second kappa shape index (κ2) is 5.05. The SMILES string of the molecule is Clc1cc(NCc2ccncn2)c(Cl)nn1. The molecule has 0 saturated heterocycles. The maximum absolute atomic E-state index is 5.83. The van der Waals surface area contributed by atoms with Crippen molar-refractivity contribution in [3.8, 4) is 0 Å². The van der Waals surface area contributed by atoms with Gasteiger partial charge in [0.1, 0.15) is 6.33 Å². The van der Waals surface area contributed by atoms with Crippen molar-refractivity contribution in [2.75, 3.05) is 5.32 Å². The van der Waals surface area contributed by atoms with Gasteiger partial charge in [-0.1, -0.05) is 23.2 Å². The topological polar surface area (TPSA) is 63.6 Å². The Kier molecular flexibility index (Phi) is 3.48. The van der Waals surface area contributed by atoms with Gasteiger partial charge < -0.3 is 5.32 Å². The van der Waals surface area contributed by atoms with Crippen LogP contribution in [0.1, 0.15) is 5.69 Å². The van der Waals surface area contributed by atoms with Crippen LogP contribution in [0.4, 0.5) is 5.69 Å². The summed E-state index contributed by atoms with van der Waals surface area (Å²) in [6, 6.07) is 3.41. The average Bonchev–Trinajstić information content (AvgIpc) is 2.32. The molecule has 0 unspecified atom stereocenters. The number of hydrogen-bond acceptors (Lipinski definition) is 5. The van der Waals surface area contributed by atoms with Crippen molar-refractivity contribution in [2.45, 2.75) is 6.54 Å². The Morgan fingerprint density at radius 2 is 2.12 bits per heavy atom. The standard InChI is InChI=1S/C9H7Cl2N5/c10-8-3-7(9(11)16-15-8)13-4-6-1-2-12-5-14-6/h1-3,5H,4H2,(H,13,15). The summed E-state index contributed by atoms with van der Waals surface area (Å²) >= 11 is 11.5. The van der Waals surface area contributed by atoms with E-state index >= 15 is 0 Å². The van der Waals surface area contributed by atoms with Crippen LogP contribution in [0.15, 0.2) is 24.7 Å². The average molecular weight is 256 g/mol. The fourth-order valence-corrected chi connectivity index (χ4v) is 1.39. The van der Waals surface area contributed by atoms with Gasteiger partial charge in [0, 0.05) is 12.3 Å². The van der Waals surface area contributed by atoms with Crippen LogP contribution in [-0.2, 0) is 6.54 Å². The molecule has 2 aromatic heterocycles. The normalized spacial score (nSPS) is 10.1. The van der Waals surface area contributed by atoms with Crippen LogP contribution in [-0.4, -0.2) is 20.2 Å². The lowest BCUT2D eigenvalue weighted by Gasteiger charge is -2.06. The molecule has 5 nitrogen and oxygen atoms in total. The number of nitrogens with zero attached hydrogens (tertiary/aromatic N) is 4. The van der Waals surface area contributed by atoms with E-state index in [1.54, 1.807) is 18.3 Å². The van der Waals surface area contributed by atoms with Crippen molar-refractivity contribution >= 4 is 28.9 Å². The lowest BCUT2D eigenvalue weighted by atomic mass is 10.4. The van der Waals surface area contributed by atoms with E-state index in [0.29, 0.717) is 12.2 Å². The van der Waals surface area contributed by atoms with Crippen molar-refractivity contribution < 1.29 is 0 Å². The monoisotopic (exact) mass is 255 g/mol. The lowest BCUT2D eigenvalue weighted by Crippen LogP contribution is -2.03. The molecular weight excluding hydrogens is 249 g/mol. The van der Waals surface area contributed by atoms with Crippen LogP contribution < -0.4 is 5.32 Å². The first-order valence-corrected chi connectivity index (χ1v) is 5.19. The molecule has 0 aliphatic heterocycles. The number of rotatable bonds is 3. The summed E-state index contributed by atoms with van der Waals surface area (Å²) in [6.07, 6.45) is 3.15. The zero-order valence-corrected chi connectivity index (χ0v) is 9.57. The molecule has 0 spiro atoms. The van der Waals surface area contributed by atoms with Gasteiger partial charge in [0.15, 0.2) is 10.3 Å². The minimum absolute atomic E-state index is 0.276. The van der Waals surface area contributed by atoms with Crippen LogP contribution in [0.2, 0.25) is 10.3 Å². The fraction of sp³-hybridized carbons (Fsp3) is 0.111. The van der Waals surface area contributed by atoms with E-state index in [0.717, 1.165) is 5.69 Å². The number of aromatic nitrogens is 4. The molecule has 1 N–H and O–H groups in total. The van der Waals surface area contributed by atoms with Gasteiger partial charge in [-0.2, -0.15) is 0 Å². The molecule has 0 fully saturated rings. The number of nitrogens with one attached hydrogen (secondary N) is 1. The summed E-state index contributed by atoms with van der Waals surface area (Å²) in [5.41, 5.74) is 1.47. The molecule has 82 valence electrons. The Bertz CT molecular complexity index is 477. The molecular formula is C9H7Cl2N5. The highest BCUT2D eigenvalue weighted by atomic mass is 35.5. The minimum atomic E-state index is 0.276. The van der Waals surface area contributed by atoms with Crippen LogP contribution in [0.25, 0.3) is 0 Å². The first-order chi connectivity index (χ1) is 7.75. The van der Waals surface area contributed by atoms with Gasteiger partial charge in [0.2, 0.25) is 0 Å². The van der Waals surface area contributed by atoms with Gasteiger partial charge in [-0.05, 0) is 6.07 Å². The molecule has 0 atom stereocenters. The van der Waals surface area contributed by atoms with Crippen molar-refractivity contribution in [2.24, 2.45) is 0 Å². The molecule has 2 rings (SSSR count). The van der Waals surface area contributed by atoms with Crippen LogP contribution in [0.3, 0.4) is 0 Å². The molecule has 2 heterocycles. The van der Waals surface area contributed by atoms with E-state index in [1.807, 2.05) is 0 Å². The number of halogens is 2. The van der Waals surface area contributed by atoms with E-state index in [-0.39, 0.29) is 10.3 Å². The summed E-state index contributed by atoms with van der Waals surface area (Å²) in [6.45, 7) is 0.518. The second-order valence-corrected chi connectivity index (χ2v) is 3.67. The summed E-state index contributed by atoms with van der Waals surface area (Å²) in [7, 11) is 0. The molecule has 16 heavy (non-hydrogen) atoms. The van der Waals surface area contributed by atoms with Gasteiger partial charge in [0.25, 0.3) is 0 Å². The van der Waals surface area contributed by atoms with Crippen molar-refractivity contribution in [3.05, 3.63) is 40.7 Å². The third-order valence-corrected chi connectivity index (χ3v) is 2.29. The molecule has 0 aromatic carbocycles. The smallest absolute Gasteiger partial charge is 0.174 e. The Hall–Kier alpha value is -1.46. The highest BCUT2D eigenvalue weighted by molar-refractivity contribution is 6.33. The first kappa shape index (κ1) is 11.0. The molecule has 0 radical (unpaired) electrons. The van der Waals surface area contributed by atoms with Crippen LogP contribution >= 0.6 is 23.2 Å².